The van der Waals surface area contributed by atoms with Crippen LogP contribution in [0.4, 0.5) is 5.69 Å². The van der Waals surface area contributed by atoms with E-state index in [1.165, 1.54) is 16.7 Å². The number of nitrogens with zero attached hydrogens (tertiary/aromatic N) is 5. The number of aromatic nitrogens is 3. The molecular formula is C23H25N5O2S. The molecule has 0 radical (unpaired) electrons. The van der Waals surface area contributed by atoms with Crippen LogP contribution in [0.5, 0.6) is 5.75 Å². The molecule has 0 aliphatic heterocycles. The van der Waals surface area contributed by atoms with E-state index in [2.05, 4.69) is 27.8 Å². The number of para-hydroxylation sites is 1. The van der Waals surface area contributed by atoms with Crippen molar-refractivity contribution in [2.24, 2.45) is 0 Å². The standard InChI is InChI=1S/C23H25N5O2S/c1-3-4-15-28-22(18-10-12-20(30-2)13-11-18)25-26-23(28)31-17-21(29)27(16-14-24)19-8-6-5-7-9-19/h5-13H,3-4,15-17H2,1-2H3. The molecule has 0 N–H and O–H groups in total. The Morgan fingerprint density at radius 2 is 1.90 bits per heavy atom. The maximum absolute atomic E-state index is 12.9. The Bertz CT molecular complexity index is 1030. The summed E-state index contributed by atoms with van der Waals surface area (Å²) < 4.78 is 7.29. The van der Waals surface area contributed by atoms with Crippen molar-refractivity contribution in [3.8, 4) is 23.2 Å². The molecule has 8 heteroatoms. The predicted molar refractivity (Wildman–Crippen MR) is 122 cm³/mol. The van der Waals surface area contributed by atoms with Gasteiger partial charge in [0.15, 0.2) is 11.0 Å². The summed E-state index contributed by atoms with van der Waals surface area (Å²) in [7, 11) is 1.63. The van der Waals surface area contributed by atoms with E-state index in [0.29, 0.717) is 10.8 Å². The zero-order chi connectivity index (χ0) is 22.1. The number of carbonyl (C=O) groups excluding carboxylic acids is 1. The number of hydrogen-bond donors (Lipinski definition) is 0. The zero-order valence-corrected chi connectivity index (χ0v) is 18.5. The maximum Gasteiger partial charge on any atom is 0.238 e. The maximum atomic E-state index is 12.9. The van der Waals surface area contributed by atoms with E-state index in [9.17, 15) is 4.79 Å². The number of carbonyl (C=O) groups is 1. The van der Waals surface area contributed by atoms with Crippen molar-refractivity contribution in [3.63, 3.8) is 0 Å². The normalized spacial score (nSPS) is 10.5. The van der Waals surface area contributed by atoms with Gasteiger partial charge in [-0.3, -0.25) is 9.69 Å². The summed E-state index contributed by atoms with van der Waals surface area (Å²) in [4.78, 5) is 14.4. The van der Waals surface area contributed by atoms with Gasteiger partial charge in [0.2, 0.25) is 5.91 Å². The zero-order valence-electron chi connectivity index (χ0n) is 17.7. The largest absolute Gasteiger partial charge is 0.497 e. The van der Waals surface area contributed by atoms with Gasteiger partial charge in [0.1, 0.15) is 12.3 Å². The molecule has 0 bridgehead atoms. The third-order valence-electron chi connectivity index (χ3n) is 4.72. The van der Waals surface area contributed by atoms with Gasteiger partial charge < -0.3 is 9.30 Å². The average Bonchev–Trinajstić information content (AvgIpc) is 3.22. The quantitative estimate of drug-likeness (QED) is 0.347. The molecular weight excluding hydrogens is 410 g/mol. The number of benzene rings is 2. The molecule has 0 aliphatic rings. The lowest BCUT2D eigenvalue weighted by Crippen LogP contribution is -2.32. The van der Waals surface area contributed by atoms with E-state index in [1.807, 2.05) is 54.6 Å². The van der Waals surface area contributed by atoms with Crippen molar-refractivity contribution >= 4 is 23.4 Å². The van der Waals surface area contributed by atoms with Crippen molar-refractivity contribution in [1.29, 1.82) is 5.26 Å². The van der Waals surface area contributed by atoms with Crippen LogP contribution >= 0.6 is 11.8 Å². The fraction of sp³-hybridized carbons (Fsp3) is 0.304. The number of nitriles is 1. The van der Waals surface area contributed by atoms with E-state index in [-0.39, 0.29) is 18.2 Å². The van der Waals surface area contributed by atoms with Crippen LogP contribution in [0.3, 0.4) is 0 Å². The minimum absolute atomic E-state index is 0.00301. The molecule has 1 aromatic heterocycles. The van der Waals surface area contributed by atoms with Crippen LogP contribution in [0, 0.1) is 11.3 Å². The summed E-state index contributed by atoms with van der Waals surface area (Å²) in [5.41, 5.74) is 1.65. The summed E-state index contributed by atoms with van der Waals surface area (Å²) in [5, 5.41) is 18.6. The van der Waals surface area contributed by atoms with Crippen LogP contribution in [0.15, 0.2) is 59.8 Å². The lowest BCUT2D eigenvalue weighted by Gasteiger charge is -2.19. The Kier molecular flexibility index (Phi) is 8.07. The van der Waals surface area contributed by atoms with Crippen LogP contribution in [0.1, 0.15) is 19.8 Å². The Labute approximate surface area is 186 Å². The van der Waals surface area contributed by atoms with E-state index < -0.39 is 0 Å². The number of ether oxygens (including phenoxy) is 1. The van der Waals surface area contributed by atoms with Gasteiger partial charge in [0, 0.05) is 17.8 Å². The van der Waals surface area contributed by atoms with E-state index in [0.717, 1.165) is 36.5 Å². The molecule has 31 heavy (non-hydrogen) atoms. The molecule has 3 aromatic rings. The lowest BCUT2D eigenvalue weighted by molar-refractivity contribution is -0.116. The second-order valence-corrected chi connectivity index (χ2v) is 7.74. The highest BCUT2D eigenvalue weighted by Gasteiger charge is 2.19. The average molecular weight is 436 g/mol. The van der Waals surface area contributed by atoms with Crippen LogP contribution in [0.2, 0.25) is 0 Å². The number of amides is 1. The van der Waals surface area contributed by atoms with E-state index in [4.69, 9.17) is 10.00 Å². The molecule has 0 aliphatic carbocycles. The first-order valence-corrected chi connectivity index (χ1v) is 11.1. The predicted octanol–water partition coefficient (Wildman–Crippen LogP) is 4.40. The summed E-state index contributed by atoms with van der Waals surface area (Å²) in [6.07, 6.45) is 2.01. The van der Waals surface area contributed by atoms with Gasteiger partial charge in [-0.2, -0.15) is 5.26 Å². The second kappa shape index (κ2) is 11.2. The van der Waals surface area contributed by atoms with Gasteiger partial charge in [0.25, 0.3) is 0 Å². The molecule has 0 saturated carbocycles. The van der Waals surface area contributed by atoms with Crippen LogP contribution in [0.25, 0.3) is 11.4 Å². The monoisotopic (exact) mass is 435 g/mol. The smallest absolute Gasteiger partial charge is 0.238 e. The number of anilines is 1. The Hall–Kier alpha value is -3.31. The van der Waals surface area contributed by atoms with E-state index in [1.54, 1.807) is 7.11 Å². The van der Waals surface area contributed by atoms with Crippen LogP contribution in [-0.4, -0.2) is 40.1 Å². The Morgan fingerprint density at radius 3 is 2.55 bits per heavy atom. The van der Waals surface area contributed by atoms with Crippen LogP contribution in [-0.2, 0) is 11.3 Å². The van der Waals surface area contributed by atoms with Crippen LogP contribution < -0.4 is 9.64 Å². The van der Waals surface area contributed by atoms with Gasteiger partial charge in [0.05, 0.1) is 18.9 Å². The molecule has 0 atom stereocenters. The van der Waals surface area contributed by atoms with Gasteiger partial charge in [-0.05, 0) is 42.8 Å². The number of methoxy groups -OCH3 is 1. The highest BCUT2D eigenvalue weighted by molar-refractivity contribution is 7.99. The fourth-order valence-corrected chi connectivity index (χ4v) is 3.91. The van der Waals surface area contributed by atoms with Gasteiger partial charge in [-0.15, -0.1) is 10.2 Å². The van der Waals surface area contributed by atoms with E-state index >= 15 is 0 Å². The highest BCUT2D eigenvalue weighted by atomic mass is 32.2. The van der Waals surface area contributed by atoms with Crippen molar-refractivity contribution in [2.75, 3.05) is 24.3 Å². The molecule has 1 heterocycles. The van der Waals surface area contributed by atoms with Crippen molar-refractivity contribution < 1.29 is 9.53 Å². The lowest BCUT2D eigenvalue weighted by atomic mass is 10.2. The van der Waals surface area contributed by atoms with Crippen molar-refractivity contribution in [2.45, 2.75) is 31.5 Å². The summed E-state index contributed by atoms with van der Waals surface area (Å²) in [6.45, 7) is 2.90. The molecule has 2 aromatic carbocycles. The van der Waals surface area contributed by atoms with Gasteiger partial charge >= 0.3 is 0 Å². The molecule has 1 amide bonds. The molecule has 7 nitrogen and oxygen atoms in total. The SMILES string of the molecule is CCCCn1c(SCC(=O)N(CC#N)c2ccccc2)nnc1-c1ccc(OC)cc1. The third-order valence-corrected chi connectivity index (χ3v) is 5.67. The molecule has 0 saturated heterocycles. The molecule has 0 spiro atoms. The molecule has 0 unspecified atom stereocenters. The number of thioether (sulfide) groups is 1. The first kappa shape index (κ1) is 22.4. The van der Waals surface area contributed by atoms with Gasteiger partial charge in [-0.1, -0.05) is 43.3 Å². The molecule has 3 rings (SSSR count). The Balaban J connectivity index is 1.79. The molecule has 0 fully saturated rings. The number of rotatable bonds is 10. The molecule has 160 valence electrons. The van der Waals surface area contributed by atoms with Gasteiger partial charge in [-0.25, -0.2) is 0 Å². The fourth-order valence-electron chi connectivity index (χ4n) is 3.07. The topological polar surface area (TPSA) is 84.0 Å². The van der Waals surface area contributed by atoms with Crippen molar-refractivity contribution in [3.05, 3.63) is 54.6 Å². The second-order valence-electron chi connectivity index (χ2n) is 6.80. The summed E-state index contributed by atoms with van der Waals surface area (Å²) in [5.74, 6) is 1.57. The third kappa shape index (κ3) is 5.64. The minimum atomic E-state index is -0.145. The number of unbranched alkanes of at least 4 members (excludes halogenated alkanes) is 1. The highest BCUT2D eigenvalue weighted by Crippen LogP contribution is 2.27. The van der Waals surface area contributed by atoms with Crippen molar-refractivity contribution in [1.82, 2.24) is 14.8 Å². The number of hydrogen-bond acceptors (Lipinski definition) is 6. The minimum Gasteiger partial charge on any atom is -0.497 e. The first-order chi connectivity index (χ1) is 15.2. The summed E-state index contributed by atoms with van der Waals surface area (Å²) >= 11 is 1.34. The summed E-state index contributed by atoms with van der Waals surface area (Å²) in [6, 6.07) is 19.0. The Morgan fingerprint density at radius 1 is 1.16 bits per heavy atom. The first-order valence-electron chi connectivity index (χ1n) is 10.1.